The Morgan fingerprint density at radius 3 is 1.97 bits per heavy atom. The molecule has 14 nitrogen and oxygen atoms in total. The number of amides is 4. The first-order valence-electron chi connectivity index (χ1n) is 10.5. The Morgan fingerprint density at radius 2 is 1.48 bits per heavy atom. The van der Waals surface area contributed by atoms with Gasteiger partial charge < -0.3 is 44.0 Å². The number of nitrogens with two attached hydrogens (primary N) is 4. The Hall–Kier alpha value is -3.42. The van der Waals surface area contributed by atoms with Gasteiger partial charge in [-0.2, -0.15) is 0 Å². The first-order chi connectivity index (χ1) is 15.3. The molecule has 0 heterocycles. The lowest BCUT2D eigenvalue weighted by Crippen LogP contribution is -2.57. The van der Waals surface area contributed by atoms with E-state index < -0.39 is 60.2 Å². The first kappa shape index (κ1) is 29.6. The zero-order chi connectivity index (χ0) is 25.7. The largest absolute Gasteiger partial charge is 0.480 e. The van der Waals surface area contributed by atoms with E-state index in [9.17, 15) is 24.0 Å². The summed E-state index contributed by atoms with van der Waals surface area (Å²) in [5, 5.41) is 16.2. The fourth-order valence-electron chi connectivity index (χ4n) is 2.63. The molecule has 0 bridgehead atoms. The predicted molar refractivity (Wildman–Crippen MR) is 120 cm³/mol. The van der Waals surface area contributed by atoms with Crippen LogP contribution >= 0.6 is 0 Å². The third-order valence-corrected chi connectivity index (χ3v) is 4.91. The number of aliphatic imine (C=N–C) groups is 1. The standard InChI is InChI=1S/C19H36N8O6/c1-4-9(2)14(21)17(31)26-11(6-5-7-24-19(22)23)16(30)25-10(3)15(29)27-12(18(32)33)8-13(20)28/h9-12,14H,4-8,21H2,1-3H3,(H2,20,28)(H,25,30)(H,26,31)(H,27,29)(H,32,33)(H4,22,23,24). The molecule has 0 aliphatic carbocycles. The number of hydrogen-bond acceptors (Lipinski definition) is 7. The van der Waals surface area contributed by atoms with Crippen molar-refractivity contribution < 1.29 is 29.1 Å². The van der Waals surface area contributed by atoms with Gasteiger partial charge in [-0.25, -0.2) is 4.79 Å². The lowest BCUT2D eigenvalue weighted by atomic mass is 9.98. The van der Waals surface area contributed by atoms with Crippen molar-refractivity contribution in [3.63, 3.8) is 0 Å². The van der Waals surface area contributed by atoms with E-state index >= 15 is 0 Å². The minimum atomic E-state index is -1.54. The fourth-order valence-corrected chi connectivity index (χ4v) is 2.63. The van der Waals surface area contributed by atoms with Gasteiger partial charge in [0.1, 0.15) is 18.1 Å². The van der Waals surface area contributed by atoms with Crippen molar-refractivity contribution in [1.29, 1.82) is 0 Å². The molecule has 5 atom stereocenters. The summed E-state index contributed by atoms with van der Waals surface area (Å²) >= 11 is 0. The lowest BCUT2D eigenvalue weighted by Gasteiger charge is -2.24. The van der Waals surface area contributed by atoms with Crippen LogP contribution in [0.5, 0.6) is 0 Å². The molecule has 0 saturated carbocycles. The fraction of sp³-hybridized carbons (Fsp3) is 0.684. The number of carboxylic acids is 1. The van der Waals surface area contributed by atoms with Gasteiger partial charge in [-0.3, -0.25) is 24.2 Å². The molecule has 0 fully saturated rings. The van der Waals surface area contributed by atoms with Crippen LogP contribution in [0.1, 0.15) is 46.5 Å². The quantitative estimate of drug-likeness (QED) is 0.0678. The molecule has 0 saturated heterocycles. The topological polar surface area (TPSA) is 258 Å². The van der Waals surface area contributed by atoms with E-state index in [-0.39, 0.29) is 24.8 Å². The molecule has 0 radical (unpaired) electrons. The van der Waals surface area contributed by atoms with Gasteiger partial charge in [-0.05, 0) is 25.7 Å². The summed E-state index contributed by atoms with van der Waals surface area (Å²) in [6.45, 7) is 5.21. The number of nitrogens with zero attached hydrogens (tertiary/aromatic N) is 1. The third-order valence-electron chi connectivity index (χ3n) is 4.91. The second-order valence-corrected chi connectivity index (χ2v) is 7.72. The normalized spacial score (nSPS) is 15.2. The van der Waals surface area contributed by atoms with Crippen molar-refractivity contribution in [1.82, 2.24) is 16.0 Å². The van der Waals surface area contributed by atoms with Gasteiger partial charge in [-0.15, -0.1) is 0 Å². The molecule has 0 aromatic heterocycles. The smallest absolute Gasteiger partial charge is 0.326 e. The molecule has 188 valence electrons. The molecule has 0 rings (SSSR count). The van der Waals surface area contributed by atoms with Gasteiger partial charge in [0.05, 0.1) is 12.5 Å². The maximum absolute atomic E-state index is 12.8. The third kappa shape index (κ3) is 11.7. The van der Waals surface area contributed by atoms with Gasteiger partial charge in [0.2, 0.25) is 23.6 Å². The van der Waals surface area contributed by atoms with E-state index in [0.717, 1.165) is 0 Å². The molecule has 4 amide bonds. The number of carbonyl (C=O) groups excluding carboxylic acids is 4. The van der Waals surface area contributed by atoms with E-state index in [1.54, 1.807) is 6.92 Å². The van der Waals surface area contributed by atoms with E-state index in [2.05, 4.69) is 20.9 Å². The summed E-state index contributed by atoms with van der Waals surface area (Å²) in [5.41, 5.74) is 21.5. The highest BCUT2D eigenvalue weighted by Gasteiger charge is 2.29. The van der Waals surface area contributed by atoms with Crippen molar-refractivity contribution >= 4 is 35.6 Å². The minimum absolute atomic E-state index is 0.118. The molecule has 5 unspecified atom stereocenters. The summed E-state index contributed by atoms with van der Waals surface area (Å²) in [5.74, 6) is -4.68. The highest BCUT2D eigenvalue weighted by Crippen LogP contribution is 2.07. The molecule has 0 aliphatic heterocycles. The second-order valence-electron chi connectivity index (χ2n) is 7.72. The molecule has 0 spiro atoms. The van der Waals surface area contributed by atoms with Gasteiger partial charge in [0.15, 0.2) is 5.96 Å². The number of rotatable bonds is 15. The molecule has 33 heavy (non-hydrogen) atoms. The Balaban J connectivity index is 5.25. The number of carboxylic acid groups (broad SMARTS) is 1. The van der Waals surface area contributed by atoms with Crippen molar-refractivity contribution in [2.24, 2.45) is 33.8 Å². The Labute approximate surface area is 192 Å². The van der Waals surface area contributed by atoms with Crippen LogP contribution in [0.2, 0.25) is 0 Å². The van der Waals surface area contributed by atoms with Crippen LogP contribution in [0.25, 0.3) is 0 Å². The van der Waals surface area contributed by atoms with Crippen LogP contribution in [0.3, 0.4) is 0 Å². The molecule has 0 aromatic carbocycles. The molecule has 12 N–H and O–H groups in total. The second kappa shape index (κ2) is 14.6. The molecule has 0 aromatic rings. The lowest BCUT2D eigenvalue weighted by molar-refractivity contribution is -0.143. The van der Waals surface area contributed by atoms with E-state index in [4.69, 9.17) is 28.0 Å². The van der Waals surface area contributed by atoms with E-state index in [1.165, 1.54) is 6.92 Å². The van der Waals surface area contributed by atoms with Crippen molar-refractivity contribution in [2.45, 2.75) is 70.6 Å². The van der Waals surface area contributed by atoms with Crippen LogP contribution in [-0.4, -0.2) is 71.4 Å². The molecular formula is C19H36N8O6. The van der Waals surface area contributed by atoms with Gasteiger partial charge in [0, 0.05) is 6.54 Å². The summed E-state index contributed by atoms with van der Waals surface area (Å²) < 4.78 is 0. The zero-order valence-electron chi connectivity index (χ0n) is 19.2. The summed E-state index contributed by atoms with van der Waals surface area (Å²) in [6, 6.07) is -4.60. The summed E-state index contributed by atoms with van der Waals surface area (Å²) in [6.07, 6.45) is 0.534. The van der Waals surface area contributed by atoms with E-state index in [1.807, 2.05) is 6.92 Å². The number of hydrogen-bond donors (Lipinski definition) is 8. The number of aliphatic carboxylic acids is 1. The van der Waals surface area contributed by atoms with Gasteiger partial charge in [-0.1, -0.05) is 20.3 Å². The van der Waals surface area contributed by atoms with Crippen LogP contribution < -0.4 is 38.9 Å². The van der Waals surface area contributed by atoms with Crippen LogP contribution in [0.4, 0.5) is 0 Å². The number of primary amides is 1. The van der Waals surface area contributed by atoms with E-state index in [0.29, 0.717) is 12.8 Å². The maximum Gasteiger partial charge on any atom is 0.326 e. The van der Waals surface area contributed by atoms with Crippen molar-refractivity contribution in [3.8, 4) is 0 Å². The van der Waals surface area contributed by atoms with Crippen LogP contribution in [-0.2, 0) is 24.0 Å². The Morgan fingerprint density at radius 1 is 0.909 bits per heavy atom. The molecule has 0 aliphatic rings. The van der Waals surface area contributed by atoms with Gasteiger partial charge in [0.25, 0.3) is 0 Å². The zero-order valence-corrected chi connectivity index (χ0v) is 19.2. The molecule has 14 heteroatoms. The number of guanidine groups is 1. The van der Waals surface area contributed by atoms with Crippen LogP contribution in [0, 0.1) is 5.92 Å². The number of nitrogens with one attached hydrogen (secondary N) is 3. The minimum Gasteiger partial charge on any atom is -0.480 e. The summed E-state index contributed by atoms with van der Waals surface area (Å²) in [7, 11) is 0. The SMILES string of the molecule is CCC(C)C(N)C(=O)NC(CCCN=C(N)N)C(=O)NC(C)C(=O)NC(CC(N)=O)C(=O)O. The average molecular weight is 473 g/mol. The summed E-state index contributed by atoms with van der Waals surface area (Å²) in [4.78, 5) is 63.5. The average Bonchev–Trinajstić information content (AvgIpc) is 2.73. The Kier molecular flexibility index (Phi) is 13.1. The predicted octanol–water partition coefficient (Wildman–Crippen LogP) is -3.15. The number of carbonyl (C=O) groups is 5. The molecular weight excluding hydrogens is 436 g/mol. The first-order valence-corrected chi connectivity index (χ1v) is 10.5. The van der Waals surface area contributed by atoms with Crippen LogP contribution in [0.15, 0.2) is 4.99 Å². The highest BCUT2D eigenvalue weighted by molar-refractivity contribution is 5.94. The monoisotopic (exact) mass is 472 g/mol. The maximum atomic E-state index is 12.8. The van der Waals surface area contributed by atoms with Gasteiger partial charge >= 0.3 is 5.97 Å². The van der Waals surface area contributed by atoms with Crippen molar-refractivity contribution in [3.05, 3.63) is 0 Å². The highest BCUT2D eigenvalue weighted by atomic mass is 16.4. The Bertz CT molecular complexity index is 740. The van der Waals surface area contributed by atoms with Crippen molar-refractivity contribution in [2.75, 3.05) is 6.54 Å².